The van der Waals surface area contributed by atoms with Crippen molar-refractivity contribution in [2.45, 2.75) is 5.92 Å². The zero-order valence-electron chi connectivity index (χ0n) is 17.2. The van der Waals surface area contributed by atoms with Crippen LogP contribution in [0.25, 0.3) is 0 Å². The third-order valence-corrected chi connectivity index (χ3v) is 5.63. The second kappa shape index (κ2) is 11.6. The lowest BCUT2D eigenvalue weighted by Gasteiger charge is -2.17. The number of hydrogen-bond acceptors (Lipinski definition) is 4. The standard InChI is InChI=1S/C24H21Br2N3O3/c1-32-23-18(12-19(25)13-20(23)26)14-28-29-21(30)15-27-24(31)22(16-8-4-2-5-9-16)17-10-6-3-7-11-17/h2-14,22H,15H2,1H3,(H,27,31)(H,29,30)/b28-14+. The summed E-state index contributed by atoms with van der Waals surface area (Å²) < 4.78 is 6.93. The lowest BCUT2D eigenvalue weighted by molar-refractivity contribution is -0.126. The molecule has 0 bridgehead atoms. The Morgan fingerprint density at radius 3 is 2.16 bits per heavy atom. The summed E-state index contributed by atoms with van der Waals surface area (Å²) in [6.45, 7) is -0.203. The van der Waals surface area contributed by atoms with Crippen molar-refractivity contribution in [1.82, 2.24) is 10.7 Å². The van der Waals surface area contributed by atoms with Gasteiger partial charge in [-0.3, -0.25) is 9.59 Å². The summed E-state index contributed by atoms with van der Waals surface area (Å²) in [5, 5.41) is 6.68. The molecule has 0 aliphatic carbocycles. The van der Waals surface area contributed by atoms with Crippen LogP contribution in [0.4, 0.5) is 0 Å². The number of rotatable bonds is 8. The monoisotopic (exact) mass is 557 g/mol. The van der Waals surface area contributed by atoms with Crippen LogP contribution in [0.1, 0.15) is 22.6 Å². The molecule has 0 fully saturated rings. The molecule has 0 atom stereocenters. The van der Waals surface area contributed by atoms with Gasteiger partial charge in [0.25, 0.3) is 5.91 Å². The molecule has 0 radical (unpaired) electrons. The molecule has 0 aromatic heterocycles. The van der Waals surface area contributed by atoms with E-state index in [4.69, 9.17) is 4.74 Å². The Bertz CT molecular complexity index is 1070. The molecule has 0 unspecified atom stereocenters. The molecule has 0 saturated carbocycles. The van der Waals surface area contributed by atoms with Gasteiger partial charge >= 0.3 is 0 Å². The van der Waals surface area contributed by atoms with E-state index in [0.29, 0.717) is 11.3 Å². The first-order valence-corrected chi connectivity index (χ1v) is 11.3. The van der Waals surface area contributed by atoms with E-state index in [0.717, 1.165) is 20.1 Å². The summed E-state index contributed by atoms with van der Waals surface area (Å²) in [7, 11) is 1.55. The highest BCUT2D eigenvalue weighted by Gasteiger charge is 2.22. The predicted octanol–water partition coefficient (Wildman–Crippen LogP) is 4.62. The highest BCUT2D eigenvalue weighted by atomic mass is 79.9. The van der Waals surface area contributed by atoms with Crippen molar-refractivity contribution in [2.75, 3.05) is 13.7 Å². The molecule has 0 aliphatic rings. The van der Waals surface area contributed by atoms with Crippen molar-refractivity contribution < 1.29 is 14.3 Å². The first-order chi connectivity index (χ1) is 15.5. The Morgan fingerprint density at radius 1 is 1.00 bits per heavy atom. The van der Waals surface area contributed by atoms with Crippen LogP contribution in [0.5, 0.6) is 5.75 Å². The van der Waals surface area contributed by atoms with Crippen LogP contribution in [0.2, 0.25) is 0 Å². The number of hydrazone groups is 1. The third kappa shape index (κ3) is 6.27. The second-order valence-corrected chi connectivity index (χ2v) is 8.55. The molecule has 3 aromatic carbocycles. The second-order valence-electron chi connectivity index (χ2n) is 6.78. The van der Waals surface area contributed by atoms with Crippen LogP contribution >= 0.6 is 31.9 Å². The summed E-state index contributed by atoms with van der Waals surface area (Å²) in [6.07, 6.45) is 1.48. The fourth-order valence-electron chi connectivity index (χ4n) is 3.16. The molecule has 0 spiro atoms. The highest BCUT2D eigenvalue weighted by Crippen LogP contribution is 2.31. The number of nitrogens with one attached hydrogen (secondary N) is 2. The highest BCUT2D eigenvalue weighted by molar-refractivity contribution is 9.11. The SMILES string of the molecule is COc1c(Br)cc(Br)cc1/C=N/NC(=O)CNC(=O)C(c1ccccc1)c1ccccc1. The number of carbonyl (C=O) groups excluding carboxylic acids is 2. The molecular formula is C24H21Br2N3O3. The Balaban J connectivity index is 1.64. The Labute approximate surface area is 203 Å². The average Bonchev–Trinajstić information content (AvgIpc) is 2.79. The zero-order chi connectivity index (χ0) is 22.9. The van der Waals surface area contributed by atoms with E-state index in [-0.39, 0.29) is 12.5 Å². The van der Waals surface area contributed by atoms with Gasteiger partial charge in [0.15, 0.2) is 0 Å². The number of amides is 2. The molecule has 0 heterocycles. The van der Waals surface area contributed by atoms with Gasteiger partial charge in [-0.25, -0.2) is 5.43 Å². The van der Waals surface area contributed by atoms with E-state index >= 15 is 0 Å². The van der Waals surface area contributed by atoms with Gasteiger partial charge < -0.3 is 10.1 Å². The number of hydrogen-bond donors (Lipinski definition) is 2. The normalized spacial score (nSPS) is 10.9. The molecule has 2 N–H and O–H groups in total. The number of benzene rings is 3. The van der Waals surface area contributed by atoms with Crippen molar-refractivity contribution in [3.8, 4) is 5.75 Å². The number of ether oxygens (including phenoxy) is 1. The van der Waals surface area contributed by atoms with E-state index in [2.05, 4.69) is 47.7 Å². The van der Waals surface area contributed by atoms with Crippen molar-refractivity contribution in [1.29, 1.82) is 0 Å². The van der Waals surface area contributed by atoms with Crippen molar-refractivity contribution in [3.63, 3.8) is 0 Å². The number of halogens is 2. The van der Waals surface area contributed by atoms with Gasteiger partial charge in [0.1, 0.15) is 5.75 Å². The van der Waals surface area contributed by atoms with Crippen LogP contribution < -0.4 is 15.5 Å². The van der Waals surface area contributed by atoms with Crippen molar-refractivity contribution in [2.24, 2.45) is 5.10 Å². The van der Waals surface area contributed by atoms with E-state index in [1.807, 2.05) is 72.8 Å². The van der Waals surface area contributed by atoms with E-state index in [9.17, 15) is 9.59 Å². The Morgan fingerprint density at radius 2 is 1.59 bits per heavy atom. The predicted molar refractivity (Wildman–Crippen MR) is 132 cm³/mol. The summed E-state index contributed by atoms with van der Waals surface area (Å²) in [5.74, 6) is -0.633. The summed E-state index contributed by atoms with van der Waals surface area (Å²) >= 11 is 6.83. The fraction of sp³-hybridized carbons (Fsp3) is 0.125. The average molecular weight is 559 g/mol. The number of carbonyl (C=O) groups is 2. The molecule has 0 saturated heterocycles. The number of nitrogens with zero attached hydrogens (tertiary/aromatic N) is 1. The molecule has 0 aliphatic heterocycles. The van der Waals surface area contributed by atoms with E-state index in [1.54, 1.807) is 7.11 Å². The maximum atomic E-state index is 12.9. The molecular weight excluding hydrogens is 538 g/mol. The van der Waals surface area contributed by atoms with Gasteiger partial charge in [-0.15, -0.1) is 0 Å². The third-order valence-electron chi connectivity index (χ3n) is 4.59. The first-order valence-electron chi connectivity index (χ1n) is 9.72. The van der Waals surface area contributed by atoms with Gasteiger partial charge in [-0.05, 0) is 39.2 Å². The summed E-state index contributed by atoms with van der Waals surface area (Å²) in [6, 6.07) is 22.6. The Kier molecular flexibility index (Phi) is 8.58. The minimum Gasteiger partial charge on any atom is -0.495 e. The first kappa shape index (κ1) is 23.7. The number of methoxy groups -OCH3 is 1. The lowest BCUT2D eigenvalue weighted by atomic mass is 9.90. The molecule has 164 valence electrons. The lowest BCUT2D eigenvalue weighted by Crippen LogP contribution is -2.37. The minimum atomic E-state index is -0.517. The largest absolute Gasteiger partial charge is 0.495 e. The Hall–Kier alpha value is -2.97. The quantitative estimate of drug-likeness (QED) is 0.313. The topological polar surface area (TPSA) is 79.8 Å². The van der Waals surface area contributed by atoms with Gasteiger partial charge in [-0.1, -0.05) is 76.6 Å². The van der Waals surface area contributed by atoms with Gasteiger partial charge in [0.05, 0.1) is 30.3 Å². The maximum absolute atomic E-state index is 12.9. The van der Waals surface area contributed by atoms with Crippen LogP contribution in [-0.4, -0.2) is 31.7 Å². The maximum Gasteiger partial charge on any atom is 0.259 e. The molecule has 3 rings (SSSR count). The van der Waals surface area contributed by atoms with Gasteiger partial charge in [-0.2, -0.15) is 5.10 Å². The van der Waals surface area contributed by atoms with Gasteiger partial charge in [0, 0.05) is 10.0 Å². The van der Waals surface area contributed by atoms with Crippen molar-refractivity contribution >= 4 is 49.9 Å². The van der Waals surface area contributed by atoms with Gasteiger partial charge in [0.2, 0.25) is 5.91 Å². The molecule has 6 nitrogen and oxygen atoms in total. The summed E-state index contributed by atoms with van der Waals surface area (Å²) in [4.78, 5) is 25.2. The fourth-order valence-corrected chi connectivity index (χ4v) is 4.58. The smallest absolute Gasteiger partial charge is 0.259 e. The zero-order valence-corrected chi connectivity index (χ0v) is 20.4. The van der Waals surface area contributed by atoms with Crippen LogP contribution in [-0.2, 0) is 9.59 Å². The molecule has 32 heavy (non-hydrogen) atoms. The minimum absolute atomic E-state index is 0.203. The molecule has 3 aromatic rings. The molecule has 8 heteroatoms. The van der Waals surface area contributed by atoms with Crippen LogP contribution in [0.3, 0.4) is 0 Å². The van der Waals surface area contributed by atoms with Crippen LogP contribution in [0.15, 0.2) is 86.8 Å². The van der Waals surface area contributed by atoms with E-state index < -0.39 is 11.8 Å². The van der Waals surface area contributed by atoms with E-state index in [1.165, 1.54) is 6.21 Å². The van der Waals surface area contributed by atoms with Crippen molar-refractivity contribution in [3.05, 3.63) is 98.4 Å². The molecule has 2 amide bonds. The van der Waals surface area contributed by atoms with Crippen LogP contribution in [0, 0.1) is 0 Å². The summed E-state index contributed by atoms with van der Waals surface area (Å²) in [5.41, 5.74) is 4.80.